The van der Waals surface area contributed by atoms with Gasteiger partial charge in [-0.3, -0.25) is 4.98 Å². The van der Waals surface area contributed by atoms with Crippen LogP contribution in [0, 0.1) is 6.92 Å². The Labute approximate surface area is 105 Å². The first-order valence-corrected chi connectivity index (χ1v) is 5.68. The summed E-state index contributed by atoms with van der Waals surface area (Å²) in [6.45, 7) is 1.91. The van der Waals surface area contributed by atoms with Gasteiger partial charge >= 0.3 is 0 Å². The first-order chi connectivity index (χ1) is 8.74. The normalized spacial score (nSPS) is 10.7. The van der Waals surface area contributed by atoms with Gasteiger partial charge in [0.25, 0.3) is 0 Å². The van der Waals surface area contributed by atoms with Crippen LogP contribution in [0.1, 0.15) is 5.69 Å². The highest BCUT2D eigenvalue weighted by Gasteiger charge is 2.06. The zero-order chi connectivity index (χ0) is 12.5. The number of fused-ring (bicyclic) bond motifs is 1. The summed E-state index contributed by atoms with van der Waals surface area (Å²) in [6, 6.07) is 9.98. The predicted molar refractivity (Wildman–Crippen MR) is 71.9 cm³/mol. The Hall–Kier alpha value is -2.49. The standard InChI is InChI=1S/C14H12N4/c1-9-7-13(18-14(15)17-9)12-4-2-3-10-8-16-6-5-11(10)12/h2-8H,1H3,(H2,15,17,18). The zero-order valence-corrected chi connectivity index (χ0v) is 9.96. The third-order valence-corrected chi connectivity index (χ3v) is 2.83. The van der Waals surface area contributed by atoms with Crippen LogP contribution in [-0.2, 0) is 0 Å². The number of benzene rings is 1. The molecule has 0 aliphatic heterocycles. The van der Waals surface area contributed by atoms with E-state index in [0.29, 0.717) is 5.95 Å². The molecule has 0 saturated carbocycles. The molecule has 4 heteroatoms. The van der Waals surface area contributed by atoms with E-state index in [4.69, 9.17) is 5.73 Å². The Morgan fingerprint density at radius 2 is 2.00 bits per heavy atom. The van der Waals surface area contributed by atoms with E-state index in [9.17, 15) is 0 Å². The topological polar surface area (TPSA) is 64.7 Å². The molecular formula is C14H12N4. The minimum absolute atomic E-state index is 0.302. The van der Waals surface area contributed by atoms with Gasteiger partial charge in [0, 0.05) is 29.0 Å². The average Bonchev–Trinajstić information content (AvgIpc) is 2.37. The van der Waals surface area contributed by atoms with Crippen molar-refractivity contribution in [2.45, 2.75) is 6.92 Å². The highest BCUT2D eigenvalue weighted by atomic mass is 15.0. The van der Waals surface area contributed by atoms with Gasteiger partial charge in [0.05, 0.1) is 5.69 Å². The van der Waals surface area contributed by atoms with Gasteiger partial charge in [-0.15, -0.1) is 0 Å². The molecule has 4 nitrogen and oxygen atoms in total. The first kappa shape index (κ1) is 10.7. The molecule has 0 atom stereocenters. The van der Waals surface area contributed by atoms with Crippen molar-refractivity contribution >= 4 is 16.7 Å². The minimum atomic E-state index is 0.302. The summed E-state index contributed by atoms with van der Waals surface area (Å²) in [7, 11) is 0. The van der Waals surface area contributed by atoms with Crippen LogP contribution in [0.5, 0.6) is 0 Å². The van der Waals surface area contributed by atoms with Gasteiger partial charge in [-0.05, 0) is 24.4 Å². The van der Waals surface area contributed by atoms with Crippen LogP contribution in [0.3, 0.4) is 0 Å². The van der Waals surface area contributed by atoms with Gasteiger partial charge in [0.2, 0.25) is 5.95 Å². The van der Waals surface area contributed by atoms with Crippen molar-refractivity contribution in [3.63, 3.8) is 0 Å². The lowest BCUT2D eigenvalue weighted by molar-refractivity contribution is 1.12. The maximum absolute atomic E-state index is 5.71. The summed E-state index contributed by atoms with van der Waals surface area (Å²) in [6.07, 6.45) is 3.62. The molecule has 0 aliphatic carbocycles. The lowest BCUT2D eigenvalue weighted by atomic mass is 10.0. The van der Waals surface area contributed by atoms with Crippen molar-refractivity contribution in [2.75, 3.05) is 5.73 Å². The monoisotopic (exact) mass is 236 g/mol. The fraction of sp³-hybridized carbons (Fsp3) is 0.0714. The largest absolute Gasteiger partial charge is 0.368 e. The predicted octanol–water partition coefficient (Wildman–Crippen LogP) is 2.58. The molecule has 0 amide bonds. The molecule has 0 aliphatic rings. The summed E-state index contributed by atoms with van der Waals surface area (Å²) >= 11 is 0. The van der Waals surface area contributed by atoms with Gasteiger partial charge in [0.15, 0.2) is 0 Å². The third-order valence-electron chi connectivity index (χ3n) is 2.83. The van der Waals surface area contributed by atoms with Crippen LogP contribution in [-0.4, -0.2) is 15.0 Å². The number of nitrogens with zero attached hydrogens (tertiary/aromatic N) is 3. The molecule has 2 heterocycles. The Kier molecular flexibility index (Phi) is 2.41. The lowest BCUT2D eigenvalue weighted by Crippen LogP contribution is -1.98. The van der Waals surface area contributed by atoms with E-state index in [1.165, 1.54) is 0 Å². The van der Waals surface area contributed by atoms with Gasteiger partial charge in [-0.2, -0.15) is 0 Å². The number of anilines is 1. The Balaban J connectivity index is 2.31. The summed E-state index contributed by atoms with van der Waals surface area (Å²) in [5.74, 6) is 0.302. The smallest absolute Gasteiger partial charge is 0.220 e. The Bertz CT molecular complexity index is 696. The number of aryl methyl sites for hydroxylation is 1. The number of hydrogen-bond donors (Lipinski definition) is 1. The second kappa shape index (κ2) is 4.07. The molecule has 2 N–H and O–H groups in total. The highest BCUT2D eigenvalue weighted by molar-refractivity contribution is 5.95. The molecule has 0 spiro atoms. The quantitative estimate of drug-likeness (QED) is 0.705. The number of aromatic nitrogens is 3. The van der Waals surface area contributed by atoms with Crippen LogP contribution in [0.2, 0.25) is 0 Å². The Morgan fingerprint density at radius 3 is 2.83 bits per heavy atom. The maximum Gasteiger partial charge on any atom is 0.220 e. The molecule has 0 saturated heterocycles. The maximum atomic E-state index is 5.71. The van der Waals surface area contributed by atoms with Gasteiger partial charge < -0.3 is 5.73 Å². The Morgan fingerprint density at radius 1 is 1.11 bits per heavy atom. The number of rotatable bonds is 1. The van der Waals surface area contributed by atoms with Gasteiger partial charge in [0.1, 0.15) is 0 Å². The van der Waals surface area contributed by atoms with E-state index in [-0.39, 0.29) is 0 Å². The molecule has 0 fully saturated rings. The molecule has 3 rings (SSSR count). The van der Waals surface area contributed by atoms with Crippen molar-refractivity contribution < 1.29 is 0 Å². The SMILES string of the molecule is Cc1cc(-c2cccc3cnccc23)nc(N)n1. The van der Waals surface area contributed by atoms with Crippen molar-refractivity contribution in [1.82, 2.24) is 15.0 Å². The van der Waals surface area contributed by atoms with Crippen LogP contribution >= 0.6 is 0 Å². The fourth-order valence-electron chi connectivity index (χ4n) is 2.08. The summed E-state index contributed by atoms with van der Waals surface area (Å²) < 4.78 is 0. The number of hydrogen-bond acceptors (Lipinski definition) is 4. The lowest BCUT2D eigenvalue weighted by Gasteiger charge is -2.07. The second-order valence-corrected chi connectivity index (χ2v) is 4.16. The van der Waals surface area contributed by atoms with E-state index in [0.717, 1.165) is 27.7 Å². The highest BCUT2D eigenvalue weighted by Crippen LogP contribution is 2.27. The average molecular weight is 236 g/mol. The molecule has 88 valence electrons. The van der Waals surface area contributed by atoms with E-state index in [1.54, 1.807) is 6.20 Å². The third kappa shape index (κ3) is 1.78. The zero-order valence-electron chi connectivity index (χ0n) is 9.96. The molecule has 3 aromatic rings. The minimum Gasteiger partial charge on any atom is -0.368 e. The number of pyridine rings is 1. The molecule has 0 radical (unpaired) electrons. The molecule has 0 unspecified atom stereocenters. The summed E-state index contributed by atoms with van der Waals surface area (Å²) in [5, 5.41) is 2.20. The van der Waals surface area contributed by atoms with Crippen molar-refractivity contribution in [3.8, 4) is 11.3 Å². The molecule has 1 aromatic carbocycles. The van der Waals surface area contributed by atoms with Crippen LogP contribution in [0.15, 0.2) is 42.7 Å². The van der Waals surface area contributed by atoms with Crippen LogP contribution in [0.4, 0.5) is 5.95 Å². The number of nitrogens with two attached hydrogens (primary N) is 1. The van der Waals surface area contributed by atoms with E-state index in [2.05, 4.69) is 15.0 Å². The van der Waals surface area contributed by atoms with Gasteiger partial charge in [-0.1, -0.05) is 18.2 Å². The second-order valence-electron chi connectivity index (χ2n) is 4.16. The van der Waals surface area contributed by atoms with E-state index in [1.807, 2.05) is 43.5 Å². The van der Waals surface area contributed by atoms with E-state index < -0.39 is 0 Å². The van der Waals surface area contributed by atoms with Crippen LogP contribution in [0.25, 0.3) is 22.0 Å². The molecule has 0 bridgehead atoms. The van der Waals surface area contributed by atoms with E-state index >= 15 is 0 Å². The summed E-state index contributed by atoms with van der Waals surface area (Å²) in [5.41, 5.74) is 8.46. The van der Waals surface area contributed by atoms with Crippen molar-refractivity contribution in [2.24, 2.45) is 0 Å². The first-order valence-electron chi connectivity index (χ1n) is 5.68. The molecule has 2 aromatic heterocycles. The van der Waals surface area contributed by atoms with Crippen molar-refractivity contribution in [3.05, 3.63) is 48.4 Å². The fourth-order valence-corrected chi connectivity index (χ4v) is 2.08. The van der Waals surface area contributed by atoms with Gasteiger partial charge in [-0.25, -0.2) is 9.97 Å². The van der Waals surface area contributed by atoms with Crippen molar-refractivity contribution in [1.29, 1.82) is 0 Å². The molecular weight excluding hydrogens is 224 g/mol. The number of nitrogen functional groups attached to an aromatic ring is 1. The van der Waals surface area contributed by atoms with Crippen LogP contribution < -0.4 is 5.73 Å². The molecule has 18 heavy (non-hydrogen) atoms. The summed E-state index contributed by atoms with van der Waals surface area (Å²) in [4.78, 5) is 12.5.